The molecule has 0 atom stereocenters. The Hall–Kier alpha value is -3.95. The molecule has 4 N–H and O–H groups in total. The second-order valence-corrected chi connectivity index (χ2v) is 5.60. The minimum Gasteiger partial charge on any atom is -0.507 e. The van der Waals surface area contributed by atoms with Crippen molar-refractivity contribution in [2.45, 2.75) is 13.3 Å². The lowest BCUT2D eigenvalue weighted by Crippen LogP contribution is -2.07. The minimum atomic E-state index is 0.0982. The molecule has 1 aromatic carbocycles. The van der Waals surface area contributed by atoms with E-state index >= 15 is 0 Å². The van der Waals surface area contributed by atoms with Crippen LogP contribution >= 0.6 is 0 Å². The Balaban J connectivity index is 1.75. The van der Waals surface area contributed by atoms with Crippen LogP contribution in [0.15, 0.2) is 47.2 Å². The zero-order valence-corrected chi connectivity index (χ0v) is 14.6. The molecule has 0 amide bonds. The van der Waals surface area contributed by atoms with Crippen LogP contribution in [0.2, 0.25) is 0 Å². The van der Waals surface area contributed by atoms with Gasteiger partial charge < -0.3 is 10.8 Å². The van der Waals surface area contributed by atoms with Gasteiger partial charge in [-0.25, -0.2) is 4.63 Å². The number of nitrogens with one attached hydrogen (secondary N) is 1. The van der Waals surface area contributed by atoms with Crippen molar-refractivity contribution in [1.82, 2.24) is 30.7 Å². The maximum absolute atomic E-state index is 10.2. The first-order chi connectivity index (χ1) is 13.0. The van der Waals surface area contributed by atoms with E-state index in [2.05, 4.69) is 48.9 Å². The number of phenolic OH excluding ortho intramolecular Hbond substituents is 1. The van der Waals surface area contributed by atoms with Gasteiger partial charge in [0, 0.05) is 5.56 Å². The number of anilines is 1. The molecule has 3 aromatic rings. The number of rotatable bonds is 7. The van der Waals surface area contributed by atoms with E-state index in [-0.39, 0.29) is 17.4 Å². The van der Waals surface area contributed by atoms with Crippen LogP contribution in [0, 0.1) is 6.92 Å². The molecule has 2 aromatic heterocycles. The fourth-order valence-electron chi connectivity index (χ4n) is 2.42. The molecule has 10 nitrogen and oxygen atoms in total. The fourth-order valence-corrected chi connectivity index (χ4v) is 2.42. The van der Waals surface area contributed by atoms with E-state index in [4.69, 9.17) is 5.73 Å². The highest BCUT2D eigenvalue weighted by Crippen LogP contribution is 2.22. The molecule has 0 radical (unpaired) electrons. The average Bonchev–Trinajstić information content (AvgIpc) is 3.23. The number of allylic oxidation sites excluding steroid dienone is 1. The van der Waals surface area contributed by atoms with Gasteiger partial charge >= 0.3 is 0 Å². The van der Waals surface area contributed by atoms with Crippen molar-refractivity contribution >= 4 is 17.7 Å². The Morgan fingerprint density at radius 3 is 2.96 bits per heavy atom. The summed E-state index contributed by atoms with van der Waals surface area (Å²) in [7, 11) is 0. The summed E-state index contributed by atoms with van der Waals surface area (Å²) in [5.41, 5.74) is 11.3. The van der Waals surface area contributed by atoms with Crippen LogP contribution in [-0.2, 0) is 6.42 Å². The van der Waals surface area contributed by atoms with Crippen LogP contribution in [0.1, 0.15) is 22.5 Å². The van der Waals surface area contributed by atoms with Gasteiger partial charge in [-0.05, 0) is 35.3 Å². The number of hydrogen-bond donors (Lipinski definition) is 3. The molecular weight excluding hydrogens is 348 g/mol. The maximum atomic E-state index is 10.2. The summed E-state index contributed by atoms with van der Waals surface area (Å²) in [5, 5.41) is 29.6. The molecule has 0 aliphatic rings. The van der Waals surface area contributed by atoms with Crippen LogP contribution < -0.4 is 11.2 Å². The number of nitrogens with zero attached hydrogens (tertiary/aromatic N) is 6. The zero-order valence-electron chi connectivity index (χ0n) is 14.6. The SMILES string of the molecule is C=CCc1cccc(/C=N/NC(=C)c2nnn(-c3nonc3N)c2C)c1O. The van der Waals surface area contributed by atoms with Gasteiger partial charge in [0.05, 0.1) is 17.6 Å². The second kappa shape index (κ2) is 7.52. The standard InChI is InChI=1S/C17H18N8O2/c1-4-6-12-7-5-8-13(15(12)26)9-19-20-10(2)14-11(3)25(24-21-14)17-16(18)22-27-23-17/h4-5,7-9,20,26H,1-2,6H2,3H3,(H2,18,22)/b19-9+. The Kier molecular flexibility index (Phi) is 4.97. The normalized spacial score (nSPS) is 11.0. The average molecular weight is 366 g/mol. The van der Waals surface area contributed by atoms with Crippen molar-refractivity contribution in [3.05, 3.63) is 59.9 Å². The third-order valence-electron chi connectivity index (χ3n) is 3.79. The van der Waals surface area contributed by atoms with Gasteiger partial charge in [-0.15, -0.1) is 11.7 Å². The van der Waals surface area contributed by atoms with Gasteiger partial charge in [-0.3, -0.25) is 5.43 Å². The molecule has 2 heterocycles. The summed E-state index contributed by atoms with van der Waals surface area (Å²) in [4.78, 5) is 0. The predicted molar refractivity (Wildman–Crippen MR) is 100 cm³/mol. The lowest BCUT2D eigenvalue weighted by molar-refractivity contribution is 0.306. The Labute approximate surface area is 154 Å². The number of nitrogens with two attached hydrogens (primary N) is 1. The molecule has 27 heavy (non-hydrogen) atoms. The van der Waals surface area contributed by atoms with Crippen LogP contribution in [-0.4, -0.2) is 36.6 Å². The smallest absolute Gasteiger partial charge is 0.243 e. The molecule has 138 valence electrons. The summed E-state index contributed by atoms with van der Waals surface area (Å²) < 4.78 is 5.96. The van der Waals surface area contributed by atoms with Gasteiger partial charge in [-0.1, -0.05) is 30.0 Å². The molecule has 0 saturated heterocycles. The molecule has 3 rings (SSSR count). The van der Waals surface area contributed by atoms with Crippen LogP contribution in [0.3, 0.4) is 0 Å². The first kappa shape index (κ1) is 17.9. The zero-order chi connectivity index (χ0) is 19.4. The lowest BCUT2D eigenvalue weighted by atomic mass is 10.1. The summed E-state index contributed by atoms with van der Waals surface area (Å²) in [6.07, 6.45) is 3.78. The number of aromatic hydroxyl groups is 1. The molecule has 10 heteroatoms. The molecule has 0 bridgehead atoms. The summed E-state index contributed by atoms with van der Waals surface area (Å²) in [5.74, 6) is 0.497. The molecular formula is C17H18N8O2. The van der Waals surface area contributed by atoms with Crippen molar-refractivity contribution in [3.8, 4) is 11.6 Å². The number of hydrogen-bond acceptors (Lipinski definition) is 9. The number of phenols is 1. The van der Waals surface area contributed by atoms with E-state index in [9.17, 15) is 5.11 Å². The molecule has 0 unspecified atom stereocenters. The minimum absolute atomic E-state index is 0.0982. The Morgan fingerprint density at radius 2 is 2.26 bits per heavy atom. The van der Waals surface area contributed by atoms with Crippen molar-refractivity contribution < 1.29 is 9.74 Å². The van der Waals surface area contributed by atoms with E-state index in [1.54, 1.807) is 19.1 Å². The number of aromatic nitrogens is 5. The van der Waals surface area contributed by atoms with E-state index in [0.29, 0.717) is 29.1 Å². The van der Waals surface area contributed by atoms with E-state index in [1.807, 2.05) is 12.1 Å². The van der Waals surface area contributed by atoms with E-state index in [1.165, 1.54) is 10.9 Å². The van der Waals surface area contributed by atoms with Crippen LogP contribution in [0.4, 0.5) is 5.82 Å². The largest absolute Gasteiger partial charge is 0.507 e. The highest BCUT2D eigenvalue weighted by molar-refractivity contribution is 5.84. The third kappa shape index (κ3) is 3.54. The van der Waals surface area contributed by atoms with Crippen molar-refractivity contribution in [1.29, 1.82) is 0 Å². The fraction of sp³-hybridized carbons (Fsp3) is 0.118. The summed E-state index contributed by atoms with van der Waals surface area (Å²) >= 11 is 0. The topological polar surface area (TPSA) is 140 Å². The van der Waals surface area contributed by atoms with Gasteiger partial charge in [0.25, 0.3) is 0 Å². The molecule has 0 aliphatic carbocycles. The Bertz CT molecular complexity index is 1020. The van der Waals surface area contributed by atoms with Crippen molar-refractivity contribution in [3.63, 3.8) is 0 Å². The number of para-hydroxylation sites is 1. The Morgan fingerprint density at radius 1 is 1.44 bits per heavy atom. The molecule has 0 spiro atoms. The van der Waals surface area contributed by atoms with Crippen molar-refractivity contribution in [2.75, 3.05) is 5.73 Å². The maximum Gasteiger partial charge on any atom is 0.243 e. The third-order valence-corrected chi connectivity index (χ3v) is 3.79. The lowest BCUT2D eigenvalue weighted by Gasteiger charge is -2.05. The van der Waals surface area contributed by atoms with Crippen molar-refractivity contribution in [2.24, 2.45) is 5.10 Å². The van der Waals surface area contributed by atoms with Crippen LogP contribution in [0.25, 0.3) is 11.5 Å². The van der Waals surface area contributed by atoms with E-state index < -0.39 is 0 Å². The summed E-state index contributed by atoms with van der Waals surface area (Å²) in [6, 6.07) is 5.41. The molecule has 0 fully saturated rings. The molecule has 0 aliphatic heterocycles. The predicted octanol–water partition coefficient (Wildman–Crippen LogP) is 1.57. The first-order valence-electron chi connectivity index (χ1n) is 7.93. The van der Waals surface area contributed by atoms with Gasteiger partial charge in [0.2, 0.25) is 11.6 Å². The van der Waals surface area contributed by atoms with E-state index in [0.717, 1.165) is 5.56 Å². The highest BCUT2D eigenvalue weighted by Gasteiger charge is 2.17. The number of hydrazone groups is 1. The monoisotopic (exact) mass is 366 g/mol. The van der Waals surface area contributed by atoms with Gasteiger partial charge in [0.1, 0.15) is 11.4 Å². The van der Waals surface area contributed by atoms with Crippen LogP contribution in [0.5, 0.6) is 5.75 Å². The molecule has 0 saturated carbocycles. The quantitative estimate of drug-likeness (QED) is 0.325. The number of benzene rings is 1. The van der Waals surface area contributed by atoms with Gasteiger partial charge in [0.15, 0.2) is 0 Å². The highest BCUT2D eigenvalue weighted by atomic mass is 16.6. The van der Waals surface area contributed by atoms with Gasteiger partial charge in [-0.2, -0.15) is 9.78 Å². The summed E-state index contributed by atoms with van der Waals surface area (Å²) in [6.45, 7) is 9.34. The first-order valence-corrected chi connectivity index (χ1v) is 7.93. The number of nitrogen functional groups attached to an aromatic ring is 1. The second-order valence-electron chi connectivity index (χ2n) is 5.60.